The molecule has 0 aromatic heterocycles. The lowest BCUT2D eigenvalue weighted by molar-refractivity contribution is -0.120. The second-order valence-electron chi connectivity index (χ2n) is 5.31. The van der Waals surface area contributed by atoms with Crippen LogP contribution in [0.2, 0.25) is 0 Å². The Morgan fingerprint density at radius 3 is 2.88 bits per heavy atom. The summed E-state index contributed by atoms with van der Waals surface area (Å²) in [5.74, 6) is 0.431. The van der Waals surface area contributed by atoms with Crippen molar-refractivity contribution in [2.45, 2.75) is 32.0 Å². The average Bonchev–Trinajstić information content (AvgIpc) is 2.68. The highest BCUT2D eigenvalue weighted by Gasteiger charge is 2.50. The van der Waals surface area contributed by atoms with Gasteiger partial charge in [0.2, 0.25) is 5.91 Å². The number of para-hydroxylation sites is 1. The van der Waals surface area contributed by atoms with Gasteiger partial charge in [0.05, 0.1) is 6.17 Å². The number of fused-ring (bicyclic) bond motifs is 1. The third kappa shape index (κ3) is 1.60. The number of phenolic OH excluding ortho intramolecular Hbond substituents is 1. The highest BCUT2D eigenvalue weighted by Crippen LogP contribution is 2.46. The van der Waals surface area contributed by atoms with Gasteiger partial charge in [0, 0.05) is 23.4 Å². The van der Waals surface area contributed by atoms with E-state index in [1.54, 1.807) is 6.07 Å². The minimum atomic E-state index is -0.0377. The molecule has 0 bridgehead atoms. The number of carbonyl (C=O) groups is 1. The first-order valence-corrected chi connectivity index (χ1v) is 5.92. The number of nitrogens with one attached hydrogen (secondary N) is 2. The van der Waals surface area contributed by atoms with E-state index in [9.17, 15) is 9.90 Å². The highest BCUT2D eigenvalue weighted by molar-refractivity contribution is 5.80. The Morgan fingerprint density at radius 1 is 1.41 bits per heavy atom. The van der Waals surface area contributed by atoms with E-state index in [0.717, 1.165) is 12.0 Å². The van der Waals surface area contributed by atoms with Crippen LogP contribution in [-0.4, -0.2) is 17.2 Å². The predicted molar refractivity (Wildman–Crippen MR) is 63.3 cm³/mol. The van der Waals surface area contributed by atoms with Crippen LogP contribution in [0.1, 0.15) is 31.4 Å². The Kier molecular flexibility index (Phi) is 2.16. The highest BCUT2D eigenvalue weighted by atomic mass is 16.3. The molecule has 4 heteroatoms. The zero-order valence-electron chi connectivity index (χ0n) is 9.73. The quantitative estimate of drug-likeness (QED) is 0.683. The van der Waals surface area contributed by atoms with E-state index in [1.165, 1.54) is 0 Å². The number of benzene rings is 1. The fourth-order valence-corrected chi connectivity index (χ4v) is 3.00. The van der Waals surface area contributed by atoms with E-state index in [-0.39, 0.29) is 23.5 Å². The third-order valence-corrected chi connectivity index (χ3v) is 3.92. The molecule has 3 atom stereocenters. The normalized spacial score (nSPS) is 35.7. The average molecular weight is 232 g/mol. The smallest absolute Gasteiger partial charge is 0.221 e. The number of carbonyl (C=O) groups excluding carboxylic acids is 1. The van der Waals surface area contributed by atoms with Crippen molar-refractivity contribution in [1.82, 2.24) is 10.6 Å². The maximum Gasteiger partial charge on any atom is 0.221 e. The summed E-state index contributed by atoms with van der Waals surface area (Å²) in [6.45, 7) is 2.11. The molecule has 0 saturated carbocycles. The van der Waals surface area contributed by atoms with E-state index in [1.807, 2.05) is 18.2 Å². The summed E-state index contributed by atoms with van der Waals surface area (Å²) in [6.07, 6.45) is 1.46. The van der Waals surface area contributed by atoms with Gasteiger partial charge in [-0.25, -0.2) is 0 Å². The van der Waals surface area contributed by atoms with E-state index < -0.39 is 0 Å². The molecule has 3 rings (SSSR count). The Morgan fingerprint density at radius 2 is 2.18 bits per heavy atom. The molecule has 1 amide bonds. The van der Waals surface area contributed by atoms with Crippen molar-refractivity contribution in [3.63, 3.8) is 0 Å². The van der Waals surface area contributed by atoms with Crippen LogP contribution in [-0.2, 0) is 4.79 Å². The van der Waals surface area contributed by atoms with Gasteiger partial charge in [-0.2, -0.15) is 0 Å². The van der Waals surface area contributed by atoms with Gasteiger partial charge < -0.3 is 10.4 Å². The lowest BCUT2D eigenvalue weighted by Crippen LogP contribution is -2.40. The van der Waals surface area contributed by atoms with Crippen LogP contribution in [0.15, 0.2) is 24.3 Å². The Balaban J connectivity index is 1.87. The lowest BCUT2D eigenvalue weighted by atomic mass is 9.83. The van der Waals surface area contributed by atoms with Gasteiger partial charge in [-0.15, -0.1) is 0 Å². The standard InChI is InChI=1S/C13H16N2O2/c1-13-6-9(8-4-2-3-5-10(8)16)14-12(13)15-11(17)7-13/h2-5,9,12,14,16H,6-7H2,1H3,(H,15,17)/t9-,12+,13+/m0/s1. The molecule has 0 spiro atoms. The number of hydrogen-bond acceptors (Lipinski definition) is 3. The van der Waals surface area contributed by atoms with Crippen LogP contribution in [0.3, 0.4) is 0 Å². The first kappa shape index (κ1) is 10.6. The maximum atomic E-state index is 11.4. The summed E-state index contributed by atoms with van der Waals surface area (Å²) in [4.78, 5) is 11.4. The van der Waals surface area contributed by atoms with Crippen LogP contribution in [0, 0.1) is 5.41 Å². The maximum absolute atomic E-state index is 11.4. The van der Waals surface area contributed by atoms with Gasteiger partial charge in [-0.05, 0) is 12.5 Å². The van der Waals surface area contributed by atoms with Crippen LogP contribution in [0.5, 0.6) is 5.75 Å². The summed E-state index contributed by atoms with van der Waals surface area (Å²) < 4.78 is 0. The summed E-state index contributed by atoms with van der Waals surface area (Å²) in [5.41, 5.74) is 0.877. The van der Waals surface area contributed by atoms with Crippen molar-refractivity contribution in [3.8, 4) is 5.75 Å². The summed E-state index contributed by atoms with van der Waals surface area (Å²) in [6, 6.07) is 7.49. The van der Waals surface area contributed by atoms with Crippen LogP contribution >= 0.6 is 0 Å². The second kappa shape index (κ2) is 3.47. The molecule has 2 heterocycles. The minimum absolute atomic E-state index is 0.0274. The number of hydrogen-bond donors (Lipinski definition) is 3. The van der Waals surface area contributed by atoms with E-state index in [4.69, 9.17) is 0 Å². The molecule has 0 aliphatic carbocycles. The molecule has 2 aliphatic rings. The monoisotopic (exact) mass is 232 g/mol. The number of amides is 1. The summed E-state index contributed by atoms with van der Waals surface area (Å²) in [5, 5.41) is 16.2. The molecule has 90 valence electrons. The number of rotatable bonds is 1. The predicted octanol–water partition coefficient (Wildman–Crippen LogP) is 1.28. The number of aromatic hydroxyl groups is 1. The fraction of sp³-hybridized carbons (Fsp3) is 0.462. The molecule has 0 radical (unpaired) electrons. The van der Waals surface area contributed by atoms with Crippen molar-refractivity contribution < 1.29 is 9.90 Å². The number of phenols is 1. The first-order valence-electron chi connectivity index (χ1n) is 5.92. The second-order valence-corrected chi connectivity index (χ2v) is 5.31. The van der Waals surface area contributed by atoms with Crippen molar-refractivity contribution in [1.29, 1.82) is 0 Å². The van der Waals surface area contributed by atoms with Crippen LogP contribution in [0.4, 0.5) is 0 Å². The molecule has 2 aliphatic heterocycles. The van der Waals surface area contributed by atoms with Crippen molar-refractivity contribution >= 4 is 5.91 Å². The minimum Gasteiger partial charge on any atom is -0.508 e. The largest absolute Gasteiger partial charge is 0.508 e. The molecule has 2 saturated heterocycles. The molecule has 17 heavy (non-hydrogen) atoms. The zero-order chi connectivity index (χ0) is 12.0. The molecular weight excluding hydrogens is 216 g/mol. The van der Waals surface area contributed by atoms with E-state index in [0.29, 0.717) is 12.2 Å². The van der Waals surface area contributed by atoms with Crippen molar-refractivity contribution in [2.75, 3.05) is 0 Å². The zero-order valence-corrected chi connectivity index (χ0v) is 9.73. The van der Waals surface area contributed by atoms with Crippen molar-refractivity contribution in [2.24, 2.45) is 5.41 Å². The molecular formula is C13H16N2O2. The molecule has 4 nitrogen and oxygen atoms in total. The van der Waals surface area contributed by atoms with E-state index >= 15 is 0 Å². The van der Waals surface area contributed by atoms with Crippen molar-refractivity contribution in [3.05, 3.63) is 29.8 Å². The third-order valence-electron chi connectivity index (χ3n) is 3.92. The van der Waals surface area contributed by atoms with Gasteiger partial charge in [-0.3, -0.25) is 10.1 Å². The Hall–Kier alpha value is -1.55. The lowest BCUT2D eigenvalue weighted by Gasteiger charge is -2.19. The topological polar surface area (TPSA) is 61.4 Å². The van der Waals surface area contributed by atoms with Gasteiger partial charge in [-0.1, -0.05) is 25.1 Å². The molecule has 1 aromatic carbocycles. The first-order chi connectivity index (χ1) is 8.08. The Labute approximate surface area is 100 Å². The van der Waals surface area contributed by atoms with Crippen LogP contribution < -0.4 is 10.6 Å². The molecule has 1 aromatic rings. The SMILES string of the molecule is C[C@@]12CC(=O)N[C@H]1N[C@H](c1ccccc1O)C2. The Bertz CT molecular complexity index is 474. The molecule has 0 unspecified atom stereocenters. The summed E-state index contributed by atoms with van der Waals surface area (Å²) in [7, 11) is 0. The molecule has 2 fully saturated rings. The van der Waals surface area contributed by atoms with Gasteiger partial charge in [0.25, 0.3) is 0 Å². The van der Waals surface area contributed by atoms with Gasteiger partial charge in [0.1, 0.15) is 5.75 Å². The summed E-state index contributed by atoms with van der Waals surface area (Å²) >= 11 is 0. The fourth-order valence-electron chi connectivity index (χ4n) is 3.00. The van der Waals surface area contributed by atoms with Gasteiger partial charge in [0.15, 0.2) is 0 Å². The van der Waals surface area contributed by atoms with Gasteiger partial charge >= 0.3 is 0 Å². The van der Waals surface area contributed by atoms with Crippen LogP contribution in [0.25, 0.3) is 0 Å². The molecule has 3 N–H and O–H groups in total. The van der Waals surface area contributed by atoms with E-state index in [2.05, 4.69) is 17.6 Å².